The number of rotatable bonds is 13. The number of nitrogens with zero attached hydrogens (tertiary/aromatic N) is 1. The molecule has 208 valence electrons. The van der Waals surface area contributed by atoms with Crippen molar-refractivity contribution in [1.82, 2.24) is 4.90 Å². The van der Waals surface area contributed by atoms with E-state index < -0.39 is 28.5 Å². The summed E-state index contributed by atoms with van der Waals surface area (Å²) in [5, 5.41) is 20.2. The van der Waals surface area contributed by atoms with Gasteiger partial charge in [-0.1, -0.05) is 66.2 Å². The van der Waals surface area contributed by atoms with E-state index in [0.717, 1.165) is 16.7 Å². The number of sulfone groups is 1. The minimum Gasteiger partial charge on any atom is -0.482 e. The second-order valence-electron chi connectivity index (χ2n) is 9.35. The Morgan fingerprint density at radius 3 is 2.25 bits per heavy atom. The lowest BCUT2D eigenvalue weighted by Gasteiger charge is -2.26. The molecule has 40 heavy (non-hydrogen) atoms. The molecule has 7 nitrogen and oxygen atoms in total. The molecule has 0 saturated carbocycles. The van der Waals surface area contributed by atoms with Crippen LogP contribution >= 0.6 is 11.6 Å². The van der Waals surface area contributed by atoms with Crippen LogP contribution < -0.4 is 4.74 Å². The third kappa shape index (κ3) is 8.16. The summed E-state index contributed by atoms with van der Waals surface area (Å²) in [6.45, 7) is 1.08. The predicted molar refractivity (Wildman–Crippen MR) is 153 cm³/mol. The van der Waals surface area contributed by atoms with E-state index in [1.165, 1.54) is 24.3 Å². The summed E-state index contributed by atoms with van der Waals surface area (Å²) in [5.41, 5.74) is 2.68. The zero-order valence-corrected chi connectivity index (χ0v) is 23.3. The lowest BCUT2D eigenvalue weighted by atomic mass is 10.1. The quantitative estimate of drug-likeness (QED) is 0.218. The van der Waals surface area contributed by atoms with E-state index in [-0.39, 0.29) is 15.5 Å². The number of carboxylic acids is 1. The van der Waals surface area contributed by atoms with Gasteiger partial charge in [-0.15, -0.1) is 0 Å². The summed E-state index contributed by atoms with van der Waals surface area (Å²) in [6.07, 6.45) is -0.169. The summed E-state index contributed by atoms with van der Waals surface area (Å²) >= 11 is 6.12. The fourth-order valence-corrected chi connectivity index (χ4v) is 5.82. The topological polar surface area (TPSA) is 104 Å². The molecule has 0 unspecified atom stereocenters. The summed E-state index contributed by atoms with van der Waals surface area (Å²) in [4.78, 5) is 13.1. The number of hydrogen-bond acceptors (Lipinski definition) is 6. The van der Waals surface area contributed by atoms with E-state index in [4.69, 9.17) is 21.4 Å². The first-order valence-corrected chi connectivity index (χ1v) is 14.6. The van der Waals surface area contributed by atoms with Crippen LogP contribution in [0, 0.1) is 0 Å². The first-order valence-electron chi connectivity index (χ1n) is 12.7. The van der Waals surface area contributed by atoms with Crippen molar-refractivity contribution in [3.63, 3.8) is 0 Å². The number of aliphatic hydroxyl groups is 1. The fraction of sp³-hybridized carbons (Fsp3) is 0.194. The molecule has 0 aliphatic carbocycles. The number of ether oxygens (including phenoxy) is 1. The van der Waals surface area contributed by atoms with E-state index in [9.17, 15) is 18.3 Å². The van der Waals surface area contributed by atoms with Crippen LogP contribution in [0.3, 0.4) is 0 Å². The molecular formula is C31H30ClNO6S. The van der Waals surface area contributed by atoms with Gasteiger partial charge >= 0.3 is 5.97 Å². The minimum atomic E-state index is -3.79. The maximum Gasteiger partial charge on any atom is 0.341 e. The van der Waals surface area contributed by atoms with Gasteiger partial charge in [-0.25, -0.2) is 13.2 Å². The first-order chi connectivity index (χ1) is 19.2. The molecule has 2 N–H and O–H groups in total. The van der Waals surface area contributed by atoms with Crippen LogP contribution in [0.1, 0.15) is 22.8 Å². The van der Waals surface area contributed by atoms with Crippen molar-refractivity contribution in [2.24, 2.45) is 0 Å². The molecule has 0 aliphatic heterocycles. The molecule has 0 aliphatic rings. The van der Waals surface area contributed by atoms with Gasteiger partial charge in [-0.2, -0.15) is 0 Å². The van der Waals surface area contributed by atoms with Crippen molar-refractivity contribution < 1.29 is 28.2 Å². The standard InChI is InChI=1S/C31H30ClNO6S/c32-26-10-5-9-25(19-26)30(34)21-33(20-24-6-2-1-3-7-24)17-16-23-8-4-11-29(18-23)40(37,38)28-14-12-27(13-15-28)39-22-31(35)36/h1-15,18-19,30,34H,16-17,20-22H2,(H,35,36)/t30-/m0/s1. The number of benzene rings is 4. The molecular weight excluding hydrogens is 550 g/mol. The van der Waals surface area contributed by atoms with E-state index in [1.807, 2.05) is 48.5 Å². The highest BCUT2D eigenvalue weighted by molar-refractivity contribution is 7.91. The monoisotopic (exact) mass is 579 g/mol. The van der Waals surface area contributed by atoms with Crippen LogP contribution in [0.5, 0.6) is 5.75 Å². The third-order valence-electron chi connectivity index (χ3n) is 6.34. The largest absolute Gasteiger partial charge is 0.482 e. The lowest BCUT2D eigenvalue weighted by Crippen LogP contribution is -2.30. The van der Waals surface area contributed by atoms with Gasteiger partial charge in [0.1, 0.15) is 5.75 Å². The Labute approximate surface area is 239 Å². The van der Waals surface area contributed by atoms with E-state index in [0.29, 0.717) is 31.1 Å². The summed E-state index contributed by atoms with van der Waals surface area (Å²) < 4.78 is 31.7. The van der Waals surface area contributed by atoms with E-state index in [1.54, 1.807) is 30.3 Å². The molecule has 0 heterocycles. The van der Waals surface area contributed by atoms with Gasteiger partial charge in [-0.05, 0) is 71.6 Å². The van der Waals surface area contributed by atoms with E-state index >= 15 is 0 Å². The Kier molecular flexibility index (Phi) is 9.95. The highest BCUT2D eigenvalue weighted by atomic mass is 35.5. The molecule has 4 aromatic rings. The highest BCUT2D eigenvalue weighted by Crippen LogP contribution is 2.25. The van der Waals surface area contributed by atoms with Crippen LogP contribution in [-0.2, 0) is 27.6 Å². The van der Waals surface area contributed by atoms with Crippen LogP contribution in [-0.4, -0.2) is 49.2 Å². The number of halogens is 1. The SMILES string of the molecule is O=C(O)COc1ccc(S(=O)(=O)c2cccc(CCN(Cc3ccccc3)C[C@H](O)c3cccc(Cl)c3)c2)cc1. The molecule has 4 aromatic carbocycles. The normalized spacial score (nSPS) is 12.3. The molecule has 0 bridgehead atoms. The number of aliphatic carboxylic acids is 1. The van der Waals surface area contributed by atoms with Crippen LogP contribution in [0.2, 0.25) is 5.02 Å². The lowest BCUT2D eigenvalue weighted by molar-refractivity contribution is -0.139. The Balaban J connectivity index is 1.48. The number of carbonyl (C=O) groups is 1. The van der Waals surface area contributed by atoms with Gasteiger partial charge in [0.25, 0.3) is 0 Å². The van der Waals surface area contributed by atoms with Crippen molar-refractivity contribution in [3.05, 3.63) is 125 Å². The summed E-state index contributed by atoms with van der Waals surface area (Å²) in [6, 6.07) is 29.6. The van der Waals surface area contributed by atoms with Gasteiger partial charge in [0.05, 0.1) is 15.9 Å². The van der Waals surface area contributed by atoms with Crippen LogP contribution in [0.4, 0.5) is 0 Å². The summed E-state index contributed by atoms with van der Waals surface area (Å²) in [7, 11) is -3.79. The fourth-order valence-electron chi connectivity index (χ4n) is 4.29. The first kappa shape index (κ1) is 29.3. The molecule has 9 heteroatoms. The maximum absolute atomic E-state index is 13.3. The highest BCUT2D eigenvalue weighted by Gasteiger charge is 2.19. The molecule has 0 saturated heterocycles. The Bertz CT molecular complexity index is 1530. The smallest absolute Gasteiger partial charge is 0.341 e. The Hall–Kier alpha value is -3.69. The third-order valence-corrected chi connectivity index (χ3v) is 8.34. The van der Waals surface area contributed by atoms with Crippen molar-refractivity contribution in [2.45, 2.75) is 28.9 Å². The molecule has 1 atom stereocenters. The predicted octanol–water partition coefficient (Wildman–Crippen LogP) is 5.41. The molecule has 0 radical (unpaired) electrons. The van der Waals surface area contributed by atoms with E-state index in [2.05, 4.69) is 4.90 Å². The average Bonchev–Trinajstić information content (AvgIpc) is 2.95. The maximum atomic E-state index is 13.3. The zero-order chi connectivity index (χ0) is 28.5. The minimum absolute atomic E-state index is 0.0858. The molecule has 0 amide bonds. The molecule has 0 fully saturated rings. The number of carboxylic acid groups (broad SMARTS) is 1. The van der Waals surface area contributed by atoms with Crippen molar-refractivity contribution in [1.29, 1.82) is 0 Å². The van der Waals surface area contributed by atoms with Crippen molar-refractivity contribution in [2.75, 3.05) is 19.7 Å². The number of aliphatic hydroxyl groups excluding tert-OH is 1. The Morgan fingerprint density at radius 2 is 1.55 bits per heavy atom. The second kappa shape index (κ2) is 13.6. The van der Waals surface area contributed by atoms with Gasteiger partial charge in [0, 0.05) is 24.7 Å². The Morgan fingerprint density at radius 1 is 0.850 bits per heavy atom. The van der Waals surface area contributed by atoms with Crippen molar-refractivity contribution in [3.8, 4) is 5.75 Å². The van der Waals surface area contributed by atoms with Crippen LogP contribution in [0.25, 0.3) is 0 Å². The van der Waals surface area contributed by atoms with Gasteiger partial charge < -0.3 is 14.9 Å². The van der Waals surface area contributed by atoms with Crippen molar-refractivity contribution >= 4 is 27.4 Å². The molecule has 4 rings (SSSR count). The molecule has 0 aromatic heterocycles. The van der Waals surface area contributed by atoms with Gasteiger partial charge in [-0.3, -0.25) is 4.90 Å². The second-order valence-corrected chi connectivity index (χ2v) is 11.7. The zero-order valence-electron chi connectivity index (χ0n) is 21.7. The van der Waals surface area contributed by atoms with Gasteiger partial charge in [0.2, 0.25) is 9.84 Å². The average molecular weight is 580 g/mol. The number of hydrogen-bond donors (Lipinski definition) is 2. The van der Waals surface area contributed by atoms with Crippen LogP contribution in [0.15, 0.2) is 113 Å². The van der Waals surface area contributed by atoms with Gasteiger partial charge in [0.15, 0.2) is 6.61 Å². The summed E-state index contributed by atoms with van der Waals surface area (Å²) in [5.74, 6) is -0.844. The molecule has 0 spiro atoms.